The zero-order valence-electron chi connectivity index (χ0n) is 16.3. The van der Waals surface area contributed by atoms with Crippen LogP contribution in [0.1, 0.15) is 21.7 Å². The van der Waals surface area contributed by atoms with Gasteiger partial charge in [0.15, 0.2) is 5.76 Å². The fraction of sp³-hybridized carbons (Fsp3) is 0.0833. The fourth-order valence-corrected chi connectivity index (χ4v) is 3.15. The summed E-state index contributed by atoms with van der Waals surface area (Å²) in [6.07, 6.45) is 0.0929. The first-order valence-corrected chi connectivity index (χ1v) is 9.57. The monoisotopic (exact) mass is 420 g/mol. The van der Waals surface area contributed by atoms with Gasteiger partial charge in [-0.2, -0.15) is 0 Å². The van der Waals surface area contributed by atoms with E-state index in [9.17, 15) is 18.4 Å². The molecule has 0 radical (unpaired) electrons. The van der Waals surface area contributed by atoms with Crippen LogP contribution in [0.5, 0.6) is 0 Å². The Hall–Kier alpha value is -4.00. The summed E-state index contributed by atoms with van der Waals surface area (Å²) in [6.45, 7) is 0.0269. The molecule has 0 fully saturated rings. The van der Waals surface area contributed by atoms with Crippen LogP contribution in [-0.2, 0) is 17.8 Å². The van der Waals surface area contributed by atoms with Crippen molar-refractivity contribution in [1.29, 1.82) is 0 Å². The van der Waals surface area contributed by atoms with Crippen LogP contribution in [0.15, 0.2) is 77.2 Å². The van der Waals surface area contributed by atoms with Gasteiger partial charge in [-0.1, -0.05) is 30.3 Å². The van der Waals surface area contributed by atoms with Crippen LogP contribution in [0.3, 0.4) is 0 Å². The van der Waals surface area contributed by atoms with Crippen LogP contribution in [-0.4, -0.2) is 11.8 Å². The molecule has 0 aliphatic rings. The minimum atomic E-state index is -0.690. The van der Waals surface area contributed by atoms with Crippen molar-refractivity contribution in [2.24, 2.45) is 0 Å². The fourth-order valence-electron chi connectivity index (χ4n) is 3.15. The van der Waals surface area contributed by atoms with E-state index in [1.54, 1.807) is 36.4 Å². The van der Waals surface area contributed by atoms with Crippen molar-refractivity contribution < 1.29 is 22.8 Å². The Labute approximate surface area is 176 Å². The highest BCUT2D eigenvalue weighted by molar-refractivity contribution is 6.04. The lowest BCUT2D eigenvalue weighted by atomic mass is 10.1. The Morgan fingerprint density at radius 3 is 2.26 bits per heavy atom. The van der Waals surface area contributed by atoms with E-state index in [0.29, 0.717) is 16.8 Å². The van der Waals surface area contributed by atoms with Crippen molar-refractivity contribution in [1.82, 2.24) is 5.32 Å². The van der Waals surface area contributed by atoms with Crippen molar-refractivity contribution >= 4 is 28.5 Å². The van der Waals surface area contributed by atoms with Gasteiger partial charge < -0.3 is 15.1 Å². The molecule has 156 valence electrons. The van der Waals surface area contributed by atoms with E-state index in [-0.39, 0.29) is 30.5 Å². The third-order valence-electron chi connectivity index (χ3n) is 4.64. The lowest BCUT2D eigenvalue weighted by Crippen LogP contribution is -2.24. The van der Waals surface area contributed by atoms with E-state index >= 15 is 0 Å². The molecule has 0 aliphatic carbocycles. The van der Waals surface area contributed by atoms with Gasteiger partial charge >= 0.3 is 0 Å². The van der Waals surface area contributed by atoms with Crippen LogP contribution >= 0.6 is 0 Å². The number of hydrogen-bond acceptors (Lipinski definition) is 3. The second-order valence-corrected chi connectivity index (χ2v) is 7.03. The molecule has 0 bridgehead atoms. The lowest BCUT2D eigenvalue weighted by Gasteiger charge is -2.07. The van der Waals surface area contributed by atoms with E-state index in [1.807, 2.05) is 18.2 Å². The number of fused-ring (bicyclic) bond motifs is 1. The third-order valence-corrected chi connectivity index (χ3v) is 4.64. The largest absolute Gasteiger partial charge is 0.451 e. The Morgan fingerprint density at radius 1 is 0.839 bits per heavy atom. The molecule has 2 amide bonds. The highest BCUT2D eigenvalue weighted by Crippen LogP contribution is 2.20. The molecule has 0 unspecified atom stereocenters. The van der Waals surface area contributed by atoms with Gasteiger partial charge in [-0.05, 0) is 47.5 Å². The zero-order valence-corrected chi connectivity index (χ0v) is 16.3. The van der Waals surface area contributed by atoms with E-state index in [4.69, 9.17) is 4.42 Å². The van der Waals surface area contributed by atoms with E-state index < -0.39 is 11.6 Å². The number of furan rings is 1. The van der Waals surface area contributed by atoms with Gasteiger partial charge in [0.05, 0.1) is 6.42 Å². The molecule has 1 heterocycles. The van der Waals surface area contributed by atoms with Crippen LogP contribution in [0.25, 0.3) is 11.0 Å². The molecule has 0 saturated heterocycles. The van der Waals surface area contributed by atoms with E-state index in [1.165, 1.54) is 12.1 Å². The average Bonchev–Trinajstić information content (AvgIpc) is 3.18. The Kier molecular flexibility index (Phi) is 5.75. The van der Waals surface area contributed by atoms with Gasteiger partial charge in [0, 0.05) is 23.7 Å². The van der Waals surface area contributed by atoms with E-state index in [0.717, 1.165) is 17.0 Å². The molecule has 31 heavy (non-hydrogen) atoms. The Morgan fingerprint density at radius 2 is 1.55 bits per heavy atom. The molecule has 7 heteroatoms. The van der Waals surface area contributed by atoms with Gasteiger partial charge in [-0.25, -0.2) is 8.78 Å². The SMILES string of the molecule is O=C(Cc1ccc(NC(=O)c2cc3ccccc3o2)cc1)NCc1cc(F)cc(F)c1. The molecule has 4 aromatic rings. The van der Waals surface area contributed by atoms with Crippen molar-refractivity contribution in [3.8, 4) is 0 Å². The summed E-state index contributed by atoms with van der Waals surface area (Å²) in [7, 11) is 0. The second kappa shape index (κ2) is 8.79. The molecule has 0 spiro atoms. The summed E-state index contributed by atoms with van der Waals surface area (Å²) in [4.78, 5) is 24.5. The third kappa shape index (κ3) is 5.14. The van der Waals surface area contributed by atoms with Crippen LogP contribution in [0.2, 0.25) is 0 Å². The molecule has 0 aliphatic heterocycles. The summed E-state index contributed by atoms with van der Waals surface area (Å²) < 4.78 is 31.9. The average molecular weight is 420 g/mol. The zero-order chi connectivity index (χ0) is 21.8. The first-order chi connectivity index (χ1) is 15.0. The predicted octanol–water partition coefficient (Wildman–Crippen LogP) is 4.82. The summed E-state index contributed by atoms with van der Waals surface area (Å²) in [5.74, 6) is -1.83. The topological polar surface area (TPSA) is 71.3 Å². The number of hydrogen-bond donors (Lipinski definition) is 2. The number of anilines is 1. The molecule has 2 N–H and O–H groups in total. The number of carbonyl (C=O) groups is 2. The molecular formula is C24H18F2N2O3. The van der Waals surface area contributed by atoms with Crippen molar-refractivity contribution in [2.75, 3.05) is 5.32 Å². The van der Waals surface area contributed by atoms with Crippen molar-refractivity contribution in [3.05, 3.63) is 101 Å². The maximum Gasteiger partial charge on any atom is 0.291 e. The summed E-state index contributed by atoms with van der Waals surface area (Å²) >= 11 is 0. The maximum atomic E-state index is 13.2. The highest BCUT2D eigenvalue weighted by atomic mass is 19.1. The van der Waals surface area contributed by atoms with Gasteiger partial charge in [0.1, 0.15) is 17.2 Å². The van der Waals surface area contributed by atoms with E-state index in [2.05, 4.69) is 10.6 Å². The Bertz CT molecular complexity index is 1200. The minimum absolute atomic E-state index is 0.0269. The number of halogens is 2. The van der Waals surface area contributed by atoms with Crippen LogP contribution < -0.4 is 10.6 Å². The summed E-state index contributed by atoms with van der Waals surface area (Å²) in [5.41, 5.74) is 2.26. The highest BCUT2D eigenvalue weighted by Gasteiger charge is 2.12. The normalized spacial score (nSPS) is 10.8. The molecule has 0 atom stereocenters. The van der Waals surface area contributed by atoms with Gasteiger partial charge in [0.2, 0.25) is 5.91 Å². The molecule has 5 nitrogen and oxygen atoms in total. The smallest absolute Gasteiger partial charge is 0.291 e. The molecule has 3 aromatic carbocycles. The lowest BCUT2D eigenvalue weighted by molar-refractivity contribution is -0.120. The number of rotatable bonds is 6. The molecule has 1 aromatic heterocycles. The quantitative estimate of drug-likeness (QED) is 0.470. The van der Waals surface area contributed by atoms with Gasteiger partial charge in [0.25, 0.3) is 5.91 Å². The summed E-state index contributed by atoms with van der Waals surface area (Å²) in [5, 5.41) is 6.22. The number of nitrogens with one attached hydrogen (secondary N) is 2. The summed E-state index contributed by atoms with van der Waals surface area (Å²) in [6, 6.07) is 18.9. The Balaban J connectivity index is 1.32. The molecular weight excluding hydrogens is 402 g/mol. The van der Waals surface area contributed by atoms with Crippen molar-refractivity contribution in [3.63, 3.8) is 0 Å². The number of para-hydroxylation sites is 1. The van der Waals surface area contributed by atoms with Gasteiger partial charge in [-0.3, -0.25) is 9.59 Å². The van der Waals surface area contributed by atoms with Crippen LogP contribution in [0.4, 0.5) is 14.5 Å². The standard InChI is InChI=1S/C24H18F2N2O3/c25-18-9-16(10-19(26)13-18)14-27-23(29)11-15-5-7-20(8-6-15)28-24(30)22-12-17-3-1-2-4-21(17)31-22/h1-10,12-13H,11,14H2,(H,27,29)(H,28,30). The van der Waals surface area contributed by atoms with Gasteiger partial charge in [-0.15, -0.1) is 0 Å². The number of amides is 2. The number of benzene rings is 3. The minimum Gasteiger partial charge on any atom is -0.451 e. The maximum absolute atomic E-state index is 13.2. The first-order valence-electron chi connectivity index (χ1n) is 9.57. The first kappa shape index (κ1) is 20.3. The molecule has 0 saturated carbocycles. The molecule has 4 rings (SSSR count). The van der Waals surface area contributed by atoms with Crippen molar-refractivity contribution in [2.45, 2.75) is 13.0 Å². The second-order valence-electron chi connectivity index (χ2n) is 7.03. The number of carbonyl (C=O) groups excluding carboxylic acids is 2. The van der Waals surface area contributed by atoms with Crippen LogP contribution in [0, 0.1) is 11.6 Å². The predicted molar refractivity (Wildman–Crippen MR) is 113 cm³/mol.